The molecule has 1 heterocycles. The van der Waals surface area contributed by atoms with Gasteiger partial charge in [0.25, 0.3) is 0 Å². The lowest BCUT2D eigenvalue weighted by Crippen LogP contribution is -2.35. The van der Waals surface area contributed by atoms with Gasteiger partial charge in [0.05, 0.1) is 9.90 Å². The van der Waals surface area contributed by atoms with Gasteiger partial charge in [0.1, 0.15) is 5.75 Å². The normalized spacial score (nSPS) is 11.2. The summed E-state index contributed by atoms with van der Waals surface area (Å²) in [5, 5.41) is 2.62. The second kappa shape index (κ2) is 6.19. The third kappa shape index (κ3) is 3.26. The van der Waals surface area contributed by atoms with Gasteiger partial charge in [-0.25, -0.2) is 8.42 Å². The molecule has 1 amide bonds. The van der Waals surface area contributed by atoms with Crippen LogP contribution in [0, 0.1) is 0 Å². The SMILES string of the molecule is CCN(C(=O)CS(=O)(=O)c1ccccc1)c1cccs1. The molecule has 0 radical (unpaired) electrons. The summed E-state index contributed by atoms with van der Waals surface area (Å²) < 4.78 is 24.4. The van der Waals surface area contributed by atoms with Gasteiger partial charge in [-0.2, -0.15) is 0 Å². The van der Waals surface area contributed by atoms with Crippen LogP contribution < -0.4 is 4.90 Å². The topological polar surface area (TPSA) is 54.5 Å². The second-order valence-corrected chi connectivity index (χ2v) is 7.08. The van der Waals surface area contributed by atoms with Gasteiger partial charge in [0.15, 0.2) is 9.84 Å². The van der Waals surface area contributed by atoms with E-state index in [0.29, 0.717) is 6.54 Å². The van der Waals surface area contributed by atoms with Crippen LogP contribution in [-0.2, 0) is 14.6 Å². The fourth-order valence-electron chi connectivity index (χ4n) is 1.83. The van der Waals surface area contributed by atoms with Gasteiger partial charge in [0, 0.05) is 6.54 Å². The molecule has 106 valence electrons. The quantitative estimate of drug-likeness (QED) is 0.853. The van der Waals surface area contributed by atoms with Crippen molar-refractivity contribution in [3.05, 3.63) is 47.8 Å². The van der Waals surface area contributed by atoms with Crippen molar-refractivity contribution in [1.29, 1.82) is 0 Å². The zero-order chi connectivity index (χ0) is 14.6. The number of sulfone groups is 1. The smallest absolute Gasteiger partial charge is 0.243 e. The van der Waals surface area contributed by atoms with E-state index in [2.05, 4.69) is 0 Å². The first-order valence-corrected chi connectivity index (χ1v) is 8.69. The van der Waals surface area contributed by atoms with E-state index in [1.54, 1.807) is 24.3 Å². The zero-order valence-corrected chi connectivity index (χ0v) is 12.7. The maximum absolute atomic E-state index is 12.2. The Balaban J connectivity index is 2.19. The molecule has 0 spiro atoms. The number of anilines is 1. The molecule has 0 aliphatic rings. The first kappa shape index (κ1) is 14.7. The largest absolute Gasteiger partial charge is 0.303 e. The molecule has 0 aliphatic heterocycles. The number of rotatable bonds is 5. The summed E-state index contributed by atoms with van der Waals surface area (Å²) in [5.74, 6) is -0.915. The van der Waals surface area contributed by atoms with Crippen molar-refractivity contribution in [2.24, 2.45) is 0 Å². The minimum absolute atomic E-state index is 0.176. The predicted octanol–water partition coefficient (Wildman–Crippen LogP) is 2.57. The summed E-state index contributed by atoms with van der Waals surface area (Å²) in [6, 6.07) is 11.7. The molecule has 0 atom stereocenters. The van der Waals surface area contributed by atoms with Crippen molar-refractivity contribution < 1.29 is 13.2 Å². The van der Waals surface area contributed by atoms with Gasteiger partial charge in [-0.1, -0.05) is 18.2 Å². The average Bonchev–Trinajstić information content (AvgIpc) is 2.94. The van der Waals surface area contributed by atoms with Crippen LogP contribution in [0.3, 0.4) is 0 Å². The molecule has 6 heteroatoms. The molecule has 4 nitrogen and oxygen atoms in total. The number of hydrogen-bond donors (Lipinski definition) is 0. The number of amides is 1. The monoisotopic (exact) mass is 309 g/mol. The van der Waals surface area contributed by atoms with E-state index in [9.17, 15) is 13.2 Å². The number of benzene rings is 1. The highest BCUT2D eigenvalue weighted by molar-refractivity contribution is 7.92. The number of carbonyl (C=O) groups excluding carboxylic acids is 1. The molecule has 1 aromatic heterocycles. The molecule has 0 aliphatic carbocycles. The standard InChI is InChI=1S/C14H15NO3S2/c1-2-15(14-9-6-10-19-14)13(16)11-20(17,18)12-7-4-3-5-8-12/h3-10H,2,11H2,1H3. The Morgan fingerprint density at radius 2 is 1.85 bits per heavy atom. The molecular weight excluding hydrogens is 294 g/mol. The Morgan fingerprint density at radius 1 is 1.15 bits per heavy atom. The summed E-state index contributed by atoms with van der Waals surface area (Å²) in [6.07, 6.45) is 0. The number of carbonyl (C=O) groups is 1. The molecule has 0 bridgehead atoms. The zero-order valence-electron chi connectivity index (χ0n) is 11.0. The van der Waals surface area contributed by atoms with E-state index in [1.165, 1.54) is 28.4 Å². The summed E-state index contributed by atoms with van der Waals surface area (Å²) in [7, 11) is -3.59. The molecular formula is C14H15NO3S2. The highest BCUT2D eigenvalue weighted by Crippen LogP contribution is 2.22. The first-order chi connectivity index (χ1) is 9.54. The third-order valence-electron chi connectivity index (χ3n) is 2.81. The number of nitrogens with zero attached hydrogens (tertiary/aromatic N) is 1. The van der Waals surface area contributed by atoms with Crippen LogP contribution in [0.1, 0.15) is 6.92 Å². The lowest BCUT2D eigenvalue weighted by atomic mass is 10.4. The van der Waals surface area contributed by atoms with Crippen molar-refractivity contribution in [3.63, 3.8) is 0 Å². The van der Waals surface area contributed by atoms with Gasteiger partial charge in [0.2, 0.25) is 5.91 Å². The van der Waals surface area contributed by atoms with Crippen molar-refractivity contribution >= 4 is 32.1 Å². The highest BCUT2D eigenvalue weighted by Gasteiger charge is 2.23. The van der Waals surface area contributed by atoms with E-state index in [1.807, 2.05) is 18.4 Å². The van der Waals surface area contributed by atoms with Crippen LogP contribution in [0.4, 0.5) is 5.00 Å². The van der Waals surface area contributed by atoms with E-state index in [4.69, 9.17) is 0 Å². The number of thiophene rings is 1. The first-order valence-electron chi connectivity index (χ1n) is 6.16. The summed E-state index contributed by atoms with van der Waals surface area (Å²) >= 11 is 1.42. The van der Waals surface area contributed by atoms with Crippen molar-refractivity contribution in [2.75, 3.05) is 17.2 Å². The van der Waals surface area contributed by atoms with Gasteiger partial charge in [-0.05, 0) is 36.6 Å². The molecule has 1 aromatic carbocycles. The van der Waals surface area contributed by atoms with Gasteiger partial charge >= 0.3 is 0 Å². The lowest BCUT2D eigenvalue weighted by Gasteiger charge is -2.18. The Morgan fingerprint density at radius 3 is 2.40 bits per heavy atom. The number of hydrogen-bond acceptors (Lipinski definition) is 4. The maximum atomic E-state index is 12.2. The molecule has 2 rings (SSSR count). The van der Waals surface area contributed by atoms with Crippen molar-refractivity contribution in [3.8, 4) is 0 Å². The lowest BCUT2D eigenvalue weighted by molar-refractivity contribution is -0.116. The molecule has 0 unspecified atom stereocenters. The molecule has 2 aromatic rings. The Labute approximate surface area is 122 Å². The van der Waals surface area contributed by atoms with Crippen LogP contribution in [0.2, 0.25) is 0 Å². The van der Waals surface area contributed by atoms with E-state index in [0.717, 1.165) is 5.00 Å². The minimum Gasteiger partial charge on any atom is -0.303 e. The van der Waals surface area contributed by atoms with Gasteiger partial charge in [-0.15, -0.1) is 11.3 Å². The van der Waals surface area contributed by atoms with Crippen LogP contribution in [0.5, 0.6) is 0 Å². The fourth-order valence-corrected chi connectivity index (χ4v) is 3.86. The summed E-state index contributed by atoms with van der Waals surface area (Å²) in [4.78, 5) is 13.9. The maximum Gasteiger partial charge on any atom is 0.243 e. The fraction of sp³-hybridized carbons (Fsp3) is 0.214. The molecule has 0 fully saturated rings. The van der Waals surface area contributed by atoms with Crippen LogP contribution in [0.15, 0.2) is 52.7 Å². The van der Waals surface area contributed by atoms with Gasteiger partial charge in [-0.3, -0.25) is 4.79 Å². The molecule has 0 saturated carbocycles. The van der Waals surface area contributed by atoms with Crippen LogP contribution in [0.25, 0.3) is 0 Å². The van der Waals surface area contributed by atoms with Crippen molar-refractivity contribution in [1.82, 2.24) is 0 Å². The summed E-state index contributed by atoms with van der Waals surface area (Å²) in [5.41, 5.74) is 0. The van der Waals surface area contributed by atoms with E-state index < -0.39 is 21.5 Å². The molecule has 20 heavy (non-hydrogen) atoms. The third-order valence-corrected chi connectivity index (χ3v) is 5.31. The van der Waals surface area contributed by atoms with E-state index in [-0.39, 0.29) is 4.90 Å². The molecule has 0 N–H and O–H groups in total. The second-order valence-electron chi connectivity index (χ2n) is 4.16. The molecule has 0 saturated heterocycles. The highest BCUT2D eigenvalue weighted by atomic mass is 32.2. The van der Waals surface area contributed by atoms with E-state index >= 15 is 0 Å². The summed E-state index contributed by atoms with van der Waals surface area (Å²) in [6.45, 7) is 2.27. The predicted molar refractivity (Wildman–Crippen MR) is 80.8 cm³/mol. The average molecular weight is 309 g/mol. The van der Waals surface area contributed by atoms with Crippen molar-refractivity contribution in [2.45, 2.75) is 11.8 Å². The Bertz CT molecular complexity index is 664. The Kier molecular flexibility index (Phi) is 4.57. The Hall–Kier alpha value is -1.66. The minimum atomic E-state index is -3.59. The van der Waals surface area contributed by atoms with Crippen LogP contribution >= 0.6 is 11.3 Å². The van der Waals surface area contributed by atoms with Crippen LogP contribution in [-0.4, -0.2) is 26.6 Å². The van der Waals surface area contributed by atoms with Gasteiger partial charge < -0.3 is 4.90 Å².